The minimum absolute atomic E-state index is 0.288. The quantitative estimate of drug-likeness (QED) is 0.738. The third kappa shape index (κ3) is 2.49. The van der Waals surface area contributed by atoms with Crippen molar-refractivity contribution in [2.24, 2.45) is 16.6 Å². The van der Waals surface area contributed by atoms with Crippen LogP contribution in [0.3, 0.4) is 0 Å². The fourth-order valence-corrected chi connectivity index (χ4v) is 4.86. The van der Waals surface area contributed by atoms with Gasteiger partial charge in [0, 0.05) is 22.0 Å². The van der Waals surface area contributed by atoms with Crippen molar-refractivity contribution in [3.05, 3.63) is 34.1 Å². The van der Waals surface area contributed by atoms with E-state index in [9.17, 15) is 13.2 Å². The molecule has 0 radical (unpaired) electrons. The molecule has 2 N–H and O–H groups in total. The number of halogens is 4. The highest BCUT2D eigenvalue weighted by Crippen LogP contribution is 2.65. The summed E-state index contributed by atoms with van der Waals surface area (Å²) in [6.45, 7) is 2.80. The molecule has 0 aliphatic heterocycles. The summed E-state index contributed by atoms with van der Waals surface area (Å²) in [6.07, 6.45) is 3.28. The summed E-state index contributed by atoms with van der Waals surface area (Å²) in [5, 5.41) is 0.495. The van der Waals surface area contributed by atoms with Gasteiger partial charge in [-0.15, -0.1) is 0 Å². The predicted octanol–water partition coefficient (Wildman–Crippen LogP) is 5.78. The molecule has 1 nitrogen and oxygen atoms in total. The van der Waals surface area contributed by atoms with Crippen LogP contribution in [0.15, 0.2) is 12.1 Å². The van der Waals surface area contributed by atoms with E-state index in [0.29, 0.717) is 54.7 Å². The average molecular weight is 346 g/mol. The van der Waals surface area contributed by atoms with Gasteiger partial charge >= 0.3 is 0 Å². The van der Waals surface area contributed by atoms with Crippen LogP contribution in [0.2, 0.25) is 5.02 Å². The van der Waals surface area contributed by atoms with Gasteiger partial charge in [0.2, 0.25) is 0 Å². The molecule has 0 spiro atoms. The van der Waals surface area contributed by atoms with Gasteiger partial charge < -0.3 is 5.73 Å². The van der Waals surface area contributed by atoms with E-state index >= 15 is 0 Å². The van der Waals surface area contributed by atoms with E-state index in [2.05, 4.69) is 0 Å². The first-order valence-electron chi connectivity index (χ1n) is 8.20. The monoisotopic (exact) mass is 345 g/mol. The van der Waals surface area contributed by atoms with Gasteiger partial charge in [-0.2, -0.15) is 0 Å². The Hall–Kier alpha value is -0.740. The zero-order chi connectivity index (χ0) is 17.0. The third-order valence-electron chi connectivity index (χ3n) is 6.60. The summed E-state index contributed by atoms with van der Waals surface area (Å²) < 4.78 is 42.4. The van der Waals surface area contributed by atoms with E-state index in [-0.39, 0.29) is 11.2 Å². The van der Waals surface area contributed by atoms with E-state index in [1.165, 1.54) is 12.1 Å². The molecule has 3 aliphatic rings. The first-order valence-corrected chi connectivity index (χ1v) is 8.58. The topological polar surface area (TPSA) is 26.0 Å². The Bertz CT molecular complexity index is 599. The summed E-state index contributed by atoms with van der Waals surface area (Å²) in [5.74, 6) is -3.02. The third-order valence-corrected chi connectivity index (χ3v) is 7.01. The lowest BCUT2D eigenvalue weighted by molar-refractivity contribution is -0.175. The zero-order valence-electron chi connectivity index (χ0n) is 13.6. The van der Waals surface area contributed by atoms with Crippen LogP contribution in [-0.4, -0.2) is 5.92 Å². The van der Waals surface area contributed by atoms with Crippen molar-refractivity contribution in [3.63, 3.8) is 0 Å². The molecule has 1 atom stereocenters. The molecule has 128 valence electrons. The highest BCUT2D eigenvalue weighted by Gasteiger charge is 2.59. The fourth-order valence-electron chi connectivity index (χ4n) is 4.70. The molecule has 0 heterocycles. The minimum atomic E-state index is -2.67. The van der Waals surface area contributed by atoms with Crippen molar-refractivity contribution in [2.45, 2.75) is 64.3 Å². The number of rotatable bonds is 3. The number of hydrogen-bond acceptors (Lipinski definition) is 1. The summed E-state index contributed by atoms with van der Waals surface area (Å²) in [4.78, 5) is 0. The minimum Gasteiger partial charge on any atom is -0.323 e. The maximum absolute atomic E-state index is 14.4. The van der Waals surface area contributed by atoms with Crippen molar-refractivity contribution in [1.29, 1.82) is 0 Å². The Balaban J connectivity index is 1.92. The Morgan fingerprint density at radius 3 is 2.13 bits per heavy atom. The van der Waals surface area contributed by atoms with Gasteiger partial charge in [0.25, 0.3) is 5.92 Å². The van der Waals surface area contributed by atoms with Gasteiger partial charge in [-0.05, 0) is 75.5 Å². The molecule has 0 saturated heterocycles. The second-order valence-corrected chi connectivity index (χ2v) is 7.98. The molecule has 5 heteroatoms. The van der Waals surface area contributed by atoms with Gasteiger partial charge in [-0.3, -0.25) is 0 Å². The molecule has 0 amide bonds. The molecular formula is C18H23ClF3N. The van der Waals surface area contributed by atoms with Crippen LogP contribution in [-0.2, 0) is 0 Å². The molecule has 2 bridgehead atoms. The molecule has 0 aromatic heterocycles. The number of fused-ring (bicyclic) bond motifs is 3. The lowest BCUT2D eigenvalue weighted by atomic mass is 9.49. The van der Waals surface area contributed by atoms with E-state index in [1.54, 1.807) is 6.92 Å². The first-order chi connectivity index (χ1) is 10.6. The van der Waals surface area contributed by atoms with Crippen LogP contribution in [0.1, 0.15) is 62.6 Å². The molecule has 23 heavy (non-hydrogen) atoms. The van der Waals surface area contributed by atoms with Crippen molar-refractivity contribution in [3.8, 4) is 0 Å². The highest BCUT2D eigenvalue weighted by atomic mass is 35.5. The van der Waals surface area contributed by atoms with E-state index < -0.39 is 17.4 Å². The lowest BCUT2D eigenvalue weighted by Crippen LogP contribution is -2.53. The molecule has 3 saturated carbocycles. The maximum Gasteiger partial charge on any atom is 0.250 e. The second kappa shape index (κ2) is 5.38. The standard InChI is InChI=1S/C18H23ClF3N/c1-11-12(19)3-4-13(20)14(11)15(23)17-5-8-18(9-6-17,10-7-17)16(2,21)22/h3-4,15H,5-10,23H2,1-2H3/t15-,17?,18?/m1/s1. The number of hydrogen-bond donors (Lipinski definition) is 1. The van der Waals surface area contributed by atoms with Crippen LogP contribution in [0, 0.1) is 23.6 Å². The lowest BCUT2D eigenvalue weighted by Gasteiger charge is -2.57. The Morgan fingerprint density at radius 1 is 1.13 bits per heavy atom. The molecule has 3 fully saturated rings. The summed E-state index contributed by atoms with van der Waals surface area (Å²) in [5.41, 5.74) is 6.41. The molecule has 1 aromatic rings. The molecule has 4 rings (SSSR count). The molecular weight excluding hydrogens is 323 g/mol. The predicted molar refractivity (Wildman–Crippen MR) is 86.3 cm³/mol. The van der Waals surface area contributed by atoms with Crippen LogP contribution >= 0.6 is 11.6 Å². The van der Waals surface area contributed by atoms with Gasteiger partial charge in [0.15, 0.2) is 0 Å². The largest absolute Gasteiger partial charge is 0.323 e. The average Bonchev–Trinajstić information content (AvgIpc) is 2.52. The molecule has 0 unspecified atom stereocenters. The first kappa shape index (κ1) is 17.1. The smallest absolute Gasteiger partial charge is 0.250 e. The van der Waals surface area contributed by atoms with Crippen molar-refractivity contribution in [1.82, 2.24) is 0 Å². The van der Waals surface area contributed by atoms with E-state index in [1.807, 2.05) is 0 Å². The number of benzene rings is 1. The van der Waals surface area contributed by atoms with Crippen LogP contribution in [0.5, 0.6) is 0 Å². The Kier molecular flexibility index (Phi) is 4.00. The van der Waals surface area contributed by atoms with Gasteiger partial charge in [-0.25, -0.2) is 13.2 Å². The molecule has 1 aromatic carbocycles. The Labute approximate surface area is 140 Å². The Morgan fingerprint density at radius 2 is 1.65 bits per heavy atom. The number of nitrogens with two attached hydrogens (primary N) is 1. The van der Waals surface area contributed by atoms with Crippen LogP contribution in [0.25, 0.3) is 0 Å². The fraction of sp³-hybridized carbons (Fsp3) is 0.667. The van der Waals surface area contributed by atoms with Gasteiger partial charge in [0.05, 0.1) is 0 Å². The zero-order valence-corrected chi connectivity index (χ0v) is 14.3. The van der Waals surface area contributed by atoms with E-state index in [4.69, 9.17) is 17.3 Å². The summed E-state index contributed by atoms with van der Waals surface area (Å²) in [7, 11) is 0. The highest BCUT2D eigenvalue weighted by molar-refractivity contribution is 6.31. The van der Waals surface area contributed by atoms with Crippen LogP contribution < -0.4 is 5.73 Å². The SMILES string of the molecule is Cc1c(Cl)ccc(F)c1[C@@H](N)C12CCC(C(C)(F)F)(CC1)CC2. The summed E-state index contributed by atoms with van der Waals surface area (Å²) >= 11 is 6.13. The molecule has 3 aliphatic carbocycles. The number of alkyl halides is 2. The van der Waals surface area contributed by atoms with E-state index in [0.717, 1.165) is 6.92 Å². The summed E-state index contributed by atoms with van der Waals surface area (Å²) in [6, 6.07) is 2.38. The van der Waals surface area contributed by atoms with Crippen molar-refractivity contribution >= 4 is 11.6 Å². The van der Waals surface area contributed by atoms with Crippen molar-refractivity contribution < 1.29 is 13.2 Å². The van der Waals surface area contributed by atoms with Crippen LogP contribution in [0.4, 0.5) is 13.2 Å². The van der Waals surface area contributed by atoms with Gasteiger partial charge in [0.1, 0.15) is 5.82 Å². The normalized spacial score (nSPS) is 32.1. The van der Waals surface area contributed by atoms with Crippen molar-refractivity contribution in [2.75, 3.05) is 0 Å². The second-order valence-electron chi connectivity index (χ2n) is 7.58. The maximum atomic E-state index is 14.4. The van der Waals surface area contributed by atoms with Gasteiger partial charge in [-0.1, -0.05) is 11.6 Å².